The van der Waals surface area contributed by atoms with Crippen molar-refractivity contribution >= 4 is 6.08 Å². The van der Waals surface area contributed by atoms with E-state index in [1.54, 1.807) is 0 Å². The first-order valence-electron chi connectivity index (χ1n) is 4.52. The zero-order valence-corrected chi connectivity index (χ0v) is 7.78. The summed E-state index contributed by atoms with van der Waals surface area (Å²) >= 11 is 0. The van der Waals surface area contributed by atoms with Crippen molar-refractivity contribution < 1.29 is 4.74 Å². The highest BCUT2D eigenvalue weighted by molar-refractivity contribution is 5.48. The summed E-state index contributed by atoms with van der Waals surface area (Å²) in [6.45, 7) is 5.10. The number of benzene rings is 1. The van der Waals surface area contributed by atoms with Gasteiger partial charge in [0.1, 0.15) is 0 Å². The Morgan fingerprint density at radius 1 is 1.23 bits per heavy atom. The fraction of sp³-hybridized carbons (Fsp3) is 0.250. The molecule has 0 fully saturated rings. The van der Waals surface area contributed by atoms with E-state index in [0.29, 0.717) is 6.61 Å². The molecule has 0 spiro atoms. The van der Waals surface area contributed by atoms with E-state index < -0.39 is 0 Å². The van der Waals surface area contributed by atoms with E-state index in [1.807, 2.05) is 24.3 Å². The molecule has 1 radical (unpaired) electrons. The summed E-state index contributed by atoms with van der Waals surface area (Å²) in [5.74, 6) is 0. The van der Waals surface area contributed by atoms with Crippen molar-refractivity contribution in [3.8, 4) is 0 Å². The molecule has 0 aliphatic heterocycles. The monoisotopic (exact) mass is 175 g/mol. The quantitative estimate of drug-likeness (QED) is 0.625. The highest BCUT2D eigenvalue weighted by atomic mass is 16.5. The third-order valence-corrected chi connectivity index (χ3v) is 1.61. The highest BCUT2D eigenvalue weighted by Crippen LogP contribution is 2.00. The lowest BCUT2D eigenvalue weighted by Gasteiger charge is -1.95. The summed E-state index contributed by atoms with van der Waals surface area (Å²) in [5.41, 5.74) is 1.21. The van der Waals surface area contributed by atoms with E-state index in [0.717, 1.165) is 13.0 Å². The topological polar surface area (TPSA) is 9.23 Å². The van der Waals surface area contributed by atoms with Crippen molar-refractivity contribution in [1.29, 1.82) is 0 Å². The lowest BCUT2D eigenvalue weighted by Crippen LogP contribution is -1.91. The summed E-state index contributed by atoms with van der Waals surface area (Å²) in [6.07, 6.45) is 4.91. The Labute approximate surface area is 80.0 Å². The molecule has 0 N–H and O–H groups in total. The summed E-state index contributed by atoms with van der Waals surface area (Å²) in [7, 11) is 0. The molecule has 0 heterocycles. The third-order valence-electron chi connectivity index (χ3n) is 1.61. The first-order chi connectivity index (χ1) is 6.43. The molecule has 1 heteroatoms. The molecule has 1 rings (SSSR count). The van der Waals surface area contributed by atoms with Crippen LogP contribution in [0.25, 0.3) is 6.08 Å². The van der Waals surface area contributed by atoms with Gasteiger partial charge in [-0.1, -0.05) is 49.4 Å². The second kappa shape index (κ2) is 6.44. The predicted molar refractivity (Wildman–Crippen MR) is 56.3 cm³/mol. The van der Waals surface area contributed by atoms with Gasteiger partial charge in [-0.05, 0) is 12.0 Å². The van der Waals surface area contributed by atoms with Crippen molar-refractivity contribution in [3.05, 3.63) is 48.9 Å². The largest absolute Gasteiger partial charge is 0.377 e. The minimum absolute atomic E-state index is 0.671. The Morgan fingerprint density at radius 3 is 2.69 bits per heavy atom. The molecule has 0 saturated heterocycles. The van der Waals surface area contributed by atoms with Gasteiger partial charge in [0, 0.05) is 6.61 Å². The average molecular weight is 175 g/mol. The number of rotatable bonds is 5. The van der Waals surface area contributed by atoms with Crippen molar-refractivity contribution in [3.63, 3.8) is 0 Å². The van der Waals surface area contributed by atoms with Crippen LogP contribution in [0, 0.1) is 6.92 Å². The van der Waals surface area contributed by atoms with Gasteiger partial charge in [-0.25, -0.2) is 0 Å². The molecule has 0 aromatic heterocycles. The third kappa shape index (κ3) is 4.48. The molecule has 0 atom stereocenters. The molecule has 0 saturated carbocycles. The van der Waals surface area contributed by atoms with E-state index in [1.165, 1.54) is 5.56 Å². The predicted octanol–water partition coefficient (Wildman–Crippen LogP) is 2.94. The van der Waals surface area contributed by atoms with Crippen LogP contribution in [0.5, 0.6) is 0 Å². The number of hydrogen-bond acceptors (Lipinski definition) is 1. The van der Waals surface area contributed by atoms with E-state index in [9.17, 15) is 0 Å². The van der Waals surface area contributed by atoms with Crippen LogP contribution in [0.1, 0.15) is 12.0 Å². The molecule has 0 amide bonds. The average Bonchev–Trinajstić information content (AvgIpc) is 2.19. The first kappa shape index (κ1) is 10.0. The lowest BCUT2D eigenvalue weighted by atomic mass is 10.2. The van der Waals surface area contributed by atoms with Gasteiger partial charge in [0.15, 0.2) is 0 Å². The summed E-state index contributed by atoms with van der Waals surface area (Å²) < 4.78 is 5.26. The van der Waals surface area contributed by atoms with Gasteiger partial charge in [0.2, 0.25) is 0 Å². The van der Waals surface area contributed by atoms with E-state index in [4.69, 9.17) is 4.74 Å². The number of hydrogen-bond donors (Lipinski definition) is 0. The normalized spacial score (nSPS) is 10.8. The molecule has 0 aliphatic carbocycles. The Kier molecular flexibility index (Phi) is 4.95. The molecule has 13 heavy (non-hydrogen) atoms. The van der Waals surface area contributed by atoms with Crippen molar-refractivity contribution in [1.82, 2.24) is 0 Å². The summed E-state index contributed by atoms with van der Waals surface area (Å²) in [5, 5.41) is 0. The molecular formula is C12H15O. The maximum atomic E-state index is 5.26. The Morgan fingerprint density at radius 2 is 2.00 bits per heavy atom. The Bertz CT molecular complexity index is 239. The zero-order chi connectivity index (χ0) is 9.36. The SMILES string of the molecule is [CH2]CCOCC=Cc1ccccc1. The van der Waals surface area contributed by atoms with Crippen LogP contribution < -0.4 is 0 Å². The van der Waals surface area contributed by atoms with Crippen molar-refractivity contribution in [2.75, 3.05) is 13.2 Å². The van der Waals surface area contributed by atoms with Crippen LogP contribution in [-0.2, 0) is 4.74 Å². The molecular weight excluding hydrogens is 160 g/mol. The summed E-state index contributed by atoms with van der Waals surface area (Å²) in [6, 6.07) is 10.2. The standard InChI is InChI=1S/C12H15O/c1-2-10-13-11-6-9-12-7-4-3-5-8-12/h3-9H,1-2,10-11H2. The molecule has 0 aliphatic rings. The minimum Gasteiger partial charge on any atom is -0.377 e. The minimum atomic E-state index is 0.671. The lowest BCUT2D eigenvalue weighted by molar-refractivity contribution is 0.167. The van der Waals surface area contributed by atoms with Crippen LogP contribution in [0.3, 0.4) is 0 Å². The van der Waals surface area contributed by atoms with Crippen molar-refractivity contribution in [2.45, 2.75) is 6.42 Å². The Hall–Kier alpha value is -1.08. The molecule has 1 aromatic rings. The van der Waals surface area contributed by atoms with Crippen LogP contribution in [0.15, 0.2) is 36.4 Å². The van der Waals surface area contributed by atoms with Gasteiger partial charge in [-0.2, -0.15) is 0 Å². The summed E-state index contributed by atoms with van der Waals surface area (Å²) in [4.78, 5) is 0. The molecule has 0 unspecified atom stereocenters. The fourth-order valence-electron chi connectivity index (χ4n) is 1.00. The second-order valence-corrected chi connectivity index (χ2v) is 2.74. The van der Waals surface area contributed by atoms with Crippen molar-refractivity contribution in [2.24, 2.45) is 0 Å². The van der Waals surface area contributed by atoms with Crippen LogP contribution >= 0.6 is 0 Å². The maximum Gasteiger partial charge on any atom is 0.0650 e. The first-order valence-corrected chi connectivity index (χ1v) is 4.52. The fourth-order valence-corrected chi connectivity index (χ4v) is 1.00. The van der Waals surface area contributed by atoms with Gasteiger partial charge >= 0.3 is 0 Å². The van der Waals surface area contributed by atoms with Crippen LogP contribution in [-0.4, -0.2) is 13.2 Å². The maximum absolute atomic E-state index is 5.26. The van der Waals surface area contributed by atoms with Crippen LogP contribution in [0.4, 0.5) is 0 Å². The second-order valence-electron chi connectivity index (χ2n) is 2.74. The number of ether oxygens (including phenoxy) is 1. The van der Waals surface area contributed by atoms with Gasteiger partial charge in [0.25, 0.3) is 0 Å². The van der Waals surface area contributed by atoms with Crippen LogP contribution in [0.2, 0.25) is 0 Å². The molecule has 0 bridgehead atoms. The molecule has 69 valence electrons. The van der Waals surface area contributed by atoms with Gasteiger partial charge in [-0.3, -0.25) is 0 Å². The Balaban J connectivity index is 2.25. The van der Waals surface area contributed by atoms with E-state index in [2.05, 4.69) is 25.1 Å². The highest BCUT2D eigenvalue weighted by Gasteiger charge is 1.82. The molecule has 1 nitrogen and oxygen atoms in total. The van der Waals surface area contributed by atoms with Gasteiger partial charge in [-0.15, -0.1) is 0 Å². The smallest absolute Gasteiger partial charge is 0.0650 e. The zero-order valence-electron chi connectivity index (χ0n) is 7.78. The van der Waals surface area contributed by atoms with E-state index in [-0.39, 0.29) is 0 Å². The van der Waals surface area contributed by atoms with Gasteiger partial charge in [0.05, 0.1) is 6.61 Å². The molecule has 1 aromatic carbocycles. The van der Waals surface area contributed by atoms with Gasteiger partial charge < -0.3 is 4.74 Å². The van der Waals surface area contributed by atoms with E-state index >= 15 is 0 Å².